The molecule has 0 fully saturated rings. The molecule has 1 rings (SSSR count). The largest absolute Gasteiger partial charge is 0.462 e. The van der Waals surface area contributed by atoms with Crippen molar-refractivity contribution in [3.05, 3.63) is 35.4 Å². The molecule has 1 aromatic carbocycles. The number of carbonyl (C=O) groups excluding carboxylic acids is 2. The summed E-state index contributed by atoms with van der Waals surface area (Å²) in [5, 5.41) is 0. The highest BCUT2D eigenvalue weighted by molar-refractivity contribution is 6.03. The van der Waals surface area contributed by atoms with Gasteiger partial charge in [-0.3, -0.25) is 0 Å². The monoisotopic (exact) mass is 504 g/mol. The van der Waals surface area contributed by atoms with Crippen molar-refractivity contribution < 1.29 is 19.1 Å². The van der Waals surface area contributed by atoms with E-state index in [1.54, 1.807) is 24.3 Å². The van der Waals surface area contributed by atoms with E-state index in [9.17, 15) is 9.59 Å². The van der Waals surface area contributed by atoms with Gasteiger partial charge in [-0.05, 0) is 76.8 Å². The molecule has 206 valence electrons. The summed E-state index contributed by atoms with van der Waals surface area (Å²) in [6, 6.07) is 6.80. The Hall–Kier alpha value is -1.92. The van der Waals surface area contributed by atoms with Gasteiger partial charge < -0.3 is 19.3 Å². The van der Waals surface area contributed by atoms with Crippen LogP contribution in [0.4, 0.5) is 0 Å². The van der Waals surface area contributed by atoms with Crippen LogP contribution in [0.1, 0.15) is 113 Å². The second kappa shape index (κ2) is 21.2. The Morgan fingerprint density at radius 2 is 0.861 bits per heavy atom. The van der Waals surface area contributed by atoms with Crippen molar-refractivity contribution in [2.75, 3.05) is 52.5 Å². The molecule has 0 aromatic heterocycles. The van der Waals surface area contributed by atoms with Gasteiger partial charge in [0.2, 0.25) is 0 Å². The van der Waals surface area contributed by atoms with Crippen LogP contribution >= 0.6 is 0 Å². The highest BCUT2D eigenvalue weighted by atomic mass is 16.5. The minimum atomic E-state index is -0.457. The number of esters is 2. The summed E-state index contributed by atoms with van der Waals surface area (Å²) < 4.78 is 11.1. The zero-order valence-electron chi connectivity index (χ0n) is 23.6. The van der Waals surface area contributed by atoms with Crippen molar-refractivity contribution in [1.29, 1.82) is 0 Å². The van der Waals surface area contributed by atoms with Gasteiger partial charge in [-0.2, -0.15) is 0 Å². The molecule has 0 aliphatic rings. The number of unbranched alkanes of at least 4 members (excludes halogenated alkanes) is 4. The molecule has 1 aromatic rings. The van der Waals surface area contributed by atoms with E-state index in [1.807, 2.05) is 0 Å². The summed E-state index contributed by atoms with van der Waals surface area (Å²) >= 11 is 0. The van der Waals surface area contributed by atoms with E-state index in [2.05, 4.69) is 37.5 Å². The number of hydrogen-bond acceptors (Lipinski definition) is 6. The zero-order chi connectivity index (χ0) is 26.4. The molecule has 0 saturated heterocycles. The van der Waals surface area contributed by atoms with Crippen LogP contribution in [0.5, 0.6) is 0 Å². The Morgan fingerprint density at radius 3 is 1.17 bits per heavy atom. The van der Waals surface area contributed by atoms with Crippen LogP contribution in [0, 0.1) is 0 Å². The Labute approximate surface area is 220 Å². The van der Waals surface area contributed by atoms with Crippen molar-refractivity contribution >= 4 is 11.9 Å². The fourth-order valence-corrected chi connectivity index (χ4v) is 4.10. The maximum Gasteiger partial charge on any atom is 0.339 e. The van der Waals surface area contributed by atoms with Crippen molar-refractivity contribution in [1.82, 2.24) is 9.80 Å². The van der Waals surface area contributed by atoms with Gasteiger partial charge in [0.15, 0.2) is 0 Å². The lowest BCUT2D eigenvalue weighted by atomic mass is 10.1. The molecule has 36 heavy (non-hydrogen) atoms. The van der Waals surface area contributed by atoms with Gasteiger partial charge in [0, 0.05) is 13.1 Å². The molecule has 0 bridgehead atoms. The fraction of sp³-hybridized carbons (Fsp3) is 0.733. The van der Waals surface area contributed by atoms with E-state index in [-0.39, 0.29) is 11.1 Å². The maximum atomic E-state index is 12.7. The van der Waals surface area contributed by atoms with E-state index < -0.39 is 11.9 Å². The number of ether oxygens (including phenoxy) is 2. The Kier molecular flexibility index (Phi) is 18.9. The van der Waals surface area contributed by atoms with Gasteiger partial charge in [0.1, 0.15) is 0 Å². The molecular weight excluding hydrogens is 452 g/mol. The maximum absolute atomic E-state index is 12.7. The standard InChI is InChI=1S/C30H52N2O4/c1-5-9-19-31(20-10-6-2)23-15-25-35-29(33)27-17-13-14-18-28(27)30(34)36-26-16-24-32(21-11-7-3)22-12-8-4/h13-14,17-18H,5-12,15-16,19-26H2,1-4H3. The zero-order valence-corrected chi connectivity index (χ0v) is 23.6. The predicted octanol–water partition coefficient (Wildman–Crippen LogP) is 6.58. The summed E-state index contributed by atoms with van der Waals surface area (Å²) in [6.07, 6.45) is 11.1. The average molecular weight is 505 g/mol. The summed E-state index contributed by atoms with van der Waals surface area (Å²) in [5.74, 6) is -0.914. The van der Waals surface area contributed by atoms with Crippen LogP contribution in [0.2, 0.25) is 0 Å². The third kappa shape index (κ3) is 14.0. The lowest BCUT2D eigenvalue weighted by Crippen LogP contribution is -2.28. The quantitative estimate of drug-likeness (QED) is 0.131. The van der Waals surface area contributed by atoms with E-state index in [1.165, 1.54) is 51.4 Å². The van der Waals surface area contributed by atoms with Crippen molar-refractivity contribution in [2.24, 2.45) is 0 Å². The van der Waals surface area contributed by atoms with Gasteiger partial charge in [-0.25, -0.2) is 9.59 Å². The lowest BCUT2D eigenvalue weighted by Gasteiger charge is -2.22. The van der Waals surface area contributed by atoms with Crippen LogP contribution in [-0.2, 0) is 9.47 Å². The highest BCUT2D eigenvalue weighted by Crippen LogP contribution is 2.13. The van der Waals surface area contributed by atoms with Crippen LogP contribution in [0.25, 0.3) is 0 Å². The third-order valence-electron chi connectivity index (χ3n) is 6.38. The van der Waals surface area contributed by atoms with Gasteiger partial charge in [-0.15, -0.1) is 0 Å². The summed E-state index contributed by atoms with van der Waals surface area (Å²) in [6.45, 7) is 15.7. The van der Waals surface area contributed by atoms with Crippen LogP contribution in [0.15, 0.2) is 24.3 Å². The van der Waals surface area contributed by atoms with E-state index in [0.717, 1.165) is 52.1 Å². The smallest absolute Gasteiger partial charge is 0.339 e. The summed E-state index contributed by atoms with van der Waals surface area (Å²) in [5.41, 5.74) is 0.563. The first-order valence-electron chi connectivity index (χ1n) is 14.4. The van der Waals surface area contributed by atoms with E-state index >= 15 is 0 Å². The number of rotatable bonds is 22. The van der Waals surface area contributed by atoms with Gasteiger partial charge in [0.25, 0.3) is 0 Å². The van der Waals surface area contributed by atoms with E-state index in [0.29, 0.717) is 13.2 Å². The number of nitrogens with zero attached hydrogens (tertiary/aromatic N) is 2. The second-order valence-corrected chi connectivity index (χ2v) is 9.62. The Bertz CT molecular complexity index is 635. The van der Waals surface area contributed by atoms with Crippen molar-refractivity contribution in [3.63, 3.8) is 0 Å². The average Bonchev–Trinajstić information content (AvgIpc) is 2.90. The molecule has 0 amide bonds. The van der Waals surface area contributed by atoms with Gasteiger partial charge >= 0.3 is 11.9 Å². The normalized spacial score (nSPS) is 11.3. The first-order valence-corrected chi connectivity index (χ1v) is 14.4. The molecule has 0 heterocycles. The molecule has 0 saturated carbocycles. The summed E-state index contributed by atoms with van der Waals surface area (Å²) in [7, 11) is 0. The molecular formula is C30H52N2O4. The first kappa shape index (κ1) is 32.1. The molecule has 0 aliphatic heterocycles. The van der Waals surface area contributed by atoms with Crippen LogP contribution in [-0.4, -0.2) is 74.2 Å². The lowest BCUT2D eigenvalue weighted by molar-refractivity contribution is 0.0440. The Balaban J connectivity index is 2.50. The van der Waals surface area contributed by atoms with Crippen LogP contribution < -0.4 is 0 Å². The molecule has 6 heteroatoms. The number of hydrogen-bond donors (Lipinski definition) is 0. The van der Waals surface area contributed by atoms with E-state index in [4.69, 9.17) is 9.47 Å². The van der Waals surface area contributed by atoms with Gasteiger partial charge in [-0.1, -0.05) is 65.5 Å². The fourth-order valence-electron chi connectivity index (χ4n) is 4.10. The predicted molar refractivity (Wildman–Crippen MR) is 149 cm³/mol. The molecule has 0 aliphatic carbocycles. The Morgan fingerprint density at radius 1 is 0.556 bits per heavy atom. The highest BCUT2D eigenvalue weighted by Gasteiger charge is 2.19. The van der Waals surface area contributed by atoms with Gasteiger partial charge in [0.05, 0.1) is 24.3 Å². The van der Waals surface area contributed by atoms with Crippen molar-refractivity contribution in [3.8, 4) is 0 Å². The molecule has 0 N–H and O–H groups in total. The number of benzene rings is 1. The molecule has 0 spiro atoms. The SMILES string of the molecule is CCCCN(CCCC)CCCOC(=O)c1ccccc1C(=O)OCCCN(CCCC)CCCC. The topological polar surface area (TPSA) is 59.1 Å². The molecule has 0 atom stereocenters. The van der Waals surface area contributed by atoms with Crippen molar-refractivity contribution in [2.45, 2.75) is 91.9 Å². The molecule has 0 radical (unpaired) electrons. The number of carbonyl (C=O) groups is 2. The minimum absolute atomic E-state index is 0.281. The van der Waals surface area contributed by atoms with Crippen LogP contribution in [0.3, 0.4) is 0 Å². The molecule has 6 nitrogen and oxygen atoms in total. The first-order chi connectivity index (χ1) is 17.6. The second-order valence-electron chi connectivity index (χ2n) is 9.62. The summed E-state index contributed by atoms with van der Waals surface area (Å²) in [4.78, 5) is 30.4. The third-order valence-corrected chi connectivity index (χ3v) is 6.38. The molecule has 0 unspecified atom stereocenters. The minimum Gasteiger partial charge on any atom is -0.462 e.